The Kier molecular flexibility index (Phi) is 6.79. The number of benzene rings is 3. The molecule has 1 N–H and O–H groups in total. The van der Waals surface area contributed by atoms with Crippen molar-refractivity contribution in [3.05, 3.63) is 71.8 Å². The molecule has 3 aromatic rings. The Morgan fingerprint density at radius 2 is 1.61 bits per heavy atom. The molecule has 0 radical (unpaired) electrons. The van der Waals surface area contributed by atoms with Crippen molar-refractivity contribution in [3.8, 4) is 5.75 Å². The van der Waals surface area contributed by atoms with Gasteiger partial charge in [-0.2, -0.15) is 4.31 Å². The average Bonchev–Trinajstić information content (AvgIpc) is 2.78. The summed E-state index contributed by atoms with van der Waals surface area (Å²) in [5, 5.41) is 12.7. The van der Waals surface area contributed by atoms with Crippen molar-refractivity contribution >= 4 is 32.4 Å². The van der Waals surface area contributed by atoms with Crippen LogP contribution in [0.5, 0.6) is 5.75 Å². The van der Waals surface area contributed by atoms with Gasteiger partial charge in [0, 0.05) is 32.7 Å². The molecule has 1 saturated heterocycles. The summed E-state index contributed by atoms with van der Waals surface area (Å²) in [6, 6.07) is 20.1. The Hall–Kier alpha value is -2.16. The maximum atomic E-state index is 13.1. The Bertz CT molecular complexity index is 1150. The number of sulfonamides is 1. The molecule has 0 amide bonds. The predicted molar refractivity (Wildman–Crippen MR) is 122 cm³/mol. The minimum absolute atomic E-state index is 0.124. The summed E-state index contributed by atoms with van der Waals surface area (Å²) in [4.78, 5) is 2.36. The molecule has 1 atom stereocenters. The summed E-state index contributed by atoms with van der Waals surface area (Å²) < 4.78 is 33.3. The van der Waals surface area contributed by atoms with Crippen molar-refractivity contribution in [2.24, 2.45) is 0 Å². The van der Waals surface area contributed by atoms with Crippen LogP contribution in [-0.2, 0) is 10.0 Å². The summed E-state index contributed by atoms with van der Waals surface area (Å²) in [5.41, 5.74) is 0. The van der Waals surface area contributed by atoms with Crippen LogP contribution in [0.3, 0.4) is 0 Å². The molecule has 0 aromatic heterocycles. The van der Waals surface area contributed by atoms with Gasteiger partial charge in [0.1, 0.15) is 18.5 Å². The first-order chi connectivity index (χ1) is 14.9. The number of ether oxygens (including phenoxy) is 1. The Morgan fingerprint density at radius 3 is 2.35 bits per heavy atom. The number of halogens is 1. The molecule has 4 rings (SSSR count). The lowest BCUT2D eigenvalue weighted by atomic mass is 10.1. The van der Waals surface area contributed by atoms with Gasteiger partial charge >= 0.3 is 0 Å². The first kappa shape index (κ1) is 22.0. The number of aliphatic hydroxyl groups is 1. The Labute approximate surface area is 187 Å². The number of hydrogen-bond donors (Lipinski definition) is 1. The number of aliphatic hydroxyl groups excluding tert-OH is 1. The number of rotatable bonds is 7. The van der Waals surface area contributed by atoms with Crippen LogP contribution in [0.1, 0.15) is 0 Å². The first-order valence-electron chi connectivity index (χ1n) is 10.2. The number of fused-ring (bicyclic) bond motifs is 1. The van der Waals surface area contributed by atoms with E-state index in [1.54, 1.807) is 24.3 Å². The van der Waals surface area contributed by atoms with Crippen molar-refractivity contribution in [1.82, 2.24) is 9.21 Å². The van der Waals surface area contributed by atoms with E-state index in [-0.39, 0.29) is 6.61 Å². The van der Waals surface area contributed by atoms with Crippen molar-refractivity contribution in [1.29, 1.82) is 0 Å². The number of β-amino-alcohol motifs (C(OH)–C–C–N with tert-alkyl or cyclic N) is 1. The molecular weight excluding hydrogens is 436 g/mol. The van der Waals surface area contributed by atoms with Crippen molar-refractivity contribution in [3.63, 3.8) is 0 Å². The van der Waals surface area contributed by atoms with Crippen LogP contribution in [0.2, 0.25) is 5.02 Å². The van der Waals surface area contributed by atoms with Gasteiger partial charge in [0.2, 0.25) is 10.0 Å². The van der Waals surface area contributed by atoms with E-state index in [2.05, 4.69) is 0 Å². The van der Waals surface area contributed by atoms with Crippen LogP contribution in [0, 0.1) is 0 Å². The monoisotopic (exact) mass is 460 g/mol. The molecule has 0 saturated carbocycles. The van der Waals surface area contributed by atoms with Crippen LogP contribution >= 0.6 is 11.6 Å². The fraction of sp³-hybridized carbons (Fsp3) is 0.304. The van der Waals surface area contributed by atoms with Crippen LogP contribution < -0.4 is 4.74 Å². The third-order valence-electron chi connectivity index (χ3n) is 5.43. The zero-order valence-corrected chi connectivity index (χ0v) is 18.6. The normalized spacial score (nSPS) is 17.0. The van der Waals surface area contributed by atoms with Crippen molar-refractivity contribution < 1.29 is 18.3 Å². The van der Waals surface area contributed by atoms with E-state index in [4.69, 9.17) is 16.3 Å². The summed E-state index contributed by atoms with van der Waals surface area (Å²) >= 11 is 6.06. The molecule has 0 spiro atoms. The predicted octanol–water partition coefficient (Wildman–Crippen LogP) is 3.24. The zero-order valence-electron chi connectivity index (χ0n) is 17.0. The lowest BCUT2D eigenvalue weighted by Gasteiger charge is -2.34. The second-order valence-electron chi connectivity index (χ2n) is 7.61. The smallest absolute Gasteiger partial charge is 0.243 e. The third kappa shape index (κ3) is 5.19. The van der Waals surface area contributed by atoms with Crippen LogP contribution in [0.4, 0.5) is 0 Å². The molecule has 0 aliphatic carbocycles. The number of para-hydroxylation sites is 1. The molecule has 1 heterocycles. The molecular formula is C23H25ClN2O4S. The number of hydrogen-bond acceptors (Lipinski definition) is 5. The van der Waals surface area contributed by atoms with Gasteiger partial charge in [0.15, 0.2) is 0 Å². The zero-order chi connectivity index (χ0) is 21.8. The molecule has 6 nitrogen and oxygen atoms in total. The Morgan fingerprint density at radius 1 is 0.935 bits per heavy atom. The number of nitrogens with zero attached hydrogens (tertiary/aromatic N) is 2. The van der Waals surface area contributed by atoms with E-state index < -0.39 is 16.1 Å². The van der Waals surface area contributed by atoms with Gasteiger partial charge in [-0.25, -0.2) is 8.42 Å². The second-order valence-corrected chi connectivity index (χ2v) is 9.95. The van der Waals surface area contributed by atoms with E-state index in [0.717, 1.165) is 10.8 Å². The summed E-state index contributed by atoms with van der Waals surface area (Å²) in [7, 11) is -3.55. The SMILES string of the molecule is O=S(=O)(c1ccc2ccccc2c1)N1CCN(CC(O)COc2ccccc2Cl)CC1. The van der Waals surface area contributed by atoms with E-state index >= 15 is 0 Å². The van der Waals surface area contributed by atoms with Gasteiger partial charge in [-0.1, -0.05) is 54.1 Å². The second kappa shape index (κ2) is 9.54. The minimum atomic E-state index is -3.55. The summed E-state index contributed by atoms with van der Waals surface area (Å²) in [6.45, 7) is 2.40. The summed E-state index contributed by atoms with van der Waals surface area (Å²) in [6.07, 6.45) is -0.695. The first-order valence-corrected chi connectivity index (χ1v) is 12.0. The van der Waals surface area contributed by atoms with E-state index in [1.165, 1.54) is 4.31 Å². The van der Waals surface area contributed by atoms with Crippen molar-refractivity contribution in [2.45, 2.75) is 11.0 Å². The highest BCUT2D eigenvalue weighted by molar-refractivity contribution is 7.89. The summed E-state index contributed by atoms with van der Waals surface area (Å²) in [5.74, 6) is 0.537. The van der Waals surface area contributed by atoms with Crippen molar-refractivity contribution in [2.75, 3.05) is 39.3 Å². The molecule has 8 heteroatoms. The van der Waals surface area contributed by atoms with Gasteiger partial charge < -0.3 is 9.84 Å². The third-order valence-corrected chi connectivity index (χ3v) is 7.63. The molecule has 164 valence electrons. The standard InChI is InChI=1S/C23H25ClN2O4S/c24-22-7-3-4-8-23(22)30-17-20(27)16-25-11-13-26(14-12-25)31(28,29)21-10-9-18-5-1-2-6-19(18)15-21/h1-10,15,20,27H,11-14,16-17H2. The van der Waals surface area contributed by atoms with Crippen LogP contribution in [-0.4, -0.2) is 68.2 Å². The lowest BCUT2D eigenvalue weighted by Crippen LogP contribution is -2.50. The van der Waals surface area contributed by atoms with Gasteiger partial charge in [-0.05, 0) is 35.0 Å². The van der Waals surface area contributed by atoms with Crippen LogP contribution in [0.25, 0.3) is 10.8 Å². The lowest BCUT2D eigenvalue weighted by molar-refractivity contribution is 0.0569. The van der Waals surface area contributed by atoms with E-state index in [0.29, 0.717) is 48.4 Å². The highest BCUT2D eigenvalue weighted by atomic mass is 35.5. The molecule has 31 heavy (non-hydrogen) atoms. The molecule has 1 unspecified atom stereocenters. The Balaban J connectivity index is 1.31. The quantitative estimate of drug-likeness (QED) is 0.586. The van der Waals surface area contributed by atoms with Gasteiger partial charge in [-0.3, -0.25) is 4.90 Å². The van der Waals surface area contributed by atoms with Crippen LogP contribution in [0.15, 0.2) is 71.6 Å². The largest absolute Gasteiger partial charge is 0.489 e. The highest BCUT2D eigenvalue weighted by Crippen LogP contribution is 2.24. The highest BCUT2D eigenvalue weighted by Gasteiger charge is 2.29. The van der Waals surface area contributed by atoms with E-state index in [9.17, 15) is 13.5 Å². The molecule has 0 bridgehead atoms. The topological polar surface area (TPSA) is 70.1 Å². The fourth-order valence-electron chi connectivity index (χ4n) is 3.73. The average molecular weight is 461 g/mol. The van der Waals surface area contributed by atoms with E-state index in [1.807, 2.05) is 47.4 Å². The fourth-order valence-corrected chi connectivity index (χ4v) is 5.38. The molecule has 1 fully saturated rings. The van der Waals surface area contributed by atoms with Gasteiger partial charge in [-0.15, -0.1) is 0 Å². The maximum Gasteiger partial charge on any atom is 0.243 e. The molecule has 3 aromatic carbocycles. The molecule has 1 aliphatic heterocycles. The minimum Gasteiger partial charge on any atom is -0.489 e. The molecule has 1 aliphatic rings. The maximum absolute atomic E-state index is 13.1. The number of piperazine rings is 1. The van der Waals surface area contributed by atoms with Gasteiger partial charge in [0.25, 0.3) is 0 Å². The van der Waals surface area contributed by atoms with Gasteiger partial charge in [0.05, 0.1) is 9.92 Å².